The SMILES string of the molecule is O=C(CCCC[n+]1cc2ccccc2c2ccccc21)NO.[Cl-]. The van der Waals surface area contributed by atoms with Crippen LogP contribution in [-0.4, -0.2) is 11.1 Å². The second kappa shape index (κ2) is 7.90. The van der Waals surface area contributed by atoms with Crippen LogP contribution in [0.15, 0.2) is 54.7 Å². The number of pyridine rings is 1. The number of carbonyl (C=O) groups is 1. The van der Waals surface area contributed by atoms with Crippen LogP contribution in [0.1, 0.15) is 19.3 Å². The fraction of sp³-hybridized carbons (Fsp3) is 0.222. The molecule has 0 aliphatic rings. The molecular weight excluding hydrogens is 312 g/mol. The van der Waals surface area contributed by atoms with Gasteiger partial charge in [0.15, 0.2) is 6.20 Å². The molecule has 0 fully saturated rings. The molecule has 0 bridgehead atoms. The first-order valence-corrected chi connectivity index (χ1v) is 7.52. The van der Waals surface area contributed by atoms with Crippen LogP contribution in [0.2, 0.25) is 0 Å². The van der Waals surface area contributed by atoms with Gasteiger partial charge in [0.25, 0.3) is 0 Å². The van der Waals surface area contributed by atoms with E-state index < -0.39 is 0 Å². The molecule has 3 rings (SSSR count). The van der Waals surface area contributed by atoms with Crippen molar-refractivity contribution in [2.75, 3.05) is 0 Å². The Kier molecular flexibility index (Phi) is 5.90. The van der Waals surface area contributed by atoms with E-state index in [9.17, 15) is 4.79 Å². The maximum absolute atomic E-state index is 11.0. The number of benzene rings is 2. The third-order valence-electron chi connectivity index (χ3n) is 3.94. The molecule has 3 aromatic rings. The van der Waals surface area contributed by atoms with E-state index in [1.54, 1.807) is 5.48 Å². The first-order valence-electron chi connectivity index (χ1n) is 7.52. The number of aryl methyl sites for hydroxylation is 1. The van der Waals surface area contributed by atoms with E-state index >= 15 is 0 Å². The number of halogens is 1. The highest BCUT2D eigenvalue weighted by Gasteiger charge is 2.12. The molecule has 2 aromatic carbocycles. The average Bonchev–Trinajstić information content (AvgIpc) is 2.58. The van der Waals surface area contributed by atoms with Crippen LogP contribution in [0.3, 0.4) is 0 Å². The number of fused-ring (bicyclic) bond motifs is 3. The highest BCUT2D eigenvalue weighted by molar-refractivity contribution is 6.03. The van der Waals surface area contributed by atoms with Gasteiger partial charge in [-0.05, 0) is 18.6 Å². The van der Waals surface area contributed by atoms with Crippen molar-refractivity contribution >= 4 is 27.6 Å². The van der Waals surface area contributed by atoms with E-state index in [2.05, 4.69) is 47.2 Å². The molecule has 0 spiro atoms. The Morgan fingerprint density at radius 2 is 1.70 bits per heavy atom. The van der Waals surface area contributed by atoms with Gasteiger partial charge in [-0.1, -0.05) is 30.3 Å². The Morgan fingerprint density at radius 3 is 2.48 bits per heavy atom. The number of rotatable bonds is 5. The number of amides is 1. The Morgan fingerprint density at radius 1 is 1.00 bits per heavy atom. The highest BCUT2D eigenvalue weighted by atomic mass is 35.5. The van der Waals surface area contributed by atoms with Gasteiger partial charge in [0, 0.05) is 29.7 Å². The van der Waals surface area contributed by atoms with Crippen molar-refractivity contribution in [1.82, 2.24) is 5.48 Å². The summed E-state index contributed by atoms with van der Waals surface area (Å²) in [7, 11) is 0. The molecule has 4 nitrogen and oxygen atoms in total. The summed E-state index contributed by atoms with van der Waals surface area (Å²) >= 11 is 0. The number of nitrogens with zero attached hydrogens (tertiary/aromatic N) is 1. The fourth-order valence-corrected chi connectivity index (χ4v) is 2.85. The van der Waals surface area contributed by atoms with Gasteiger partial charge in [0.05, 0.1) is 5.39 Å². The van der Waals surface area contributed by atoms with E-state index in [4.69, 9.17) is 5.21 Å². The maximum atomic E-state index is 11.0. The largest absolute Gasteiger partial charge is 1.00 e. The molecule has 1 amide bonds. The first kappa shape index (κ1) is 17.2. The number of para-hydroxylation sites is 1. The Bertz CT molecular complexity index is 820. The van der Waals surface area contributed by atoms with Crippen molar-refractivity contribution in [2.24, 2.45) is 0 Å². The van der Waals surface area contributed by atoms with Gasteiger partial charge >= 0.3 is 0 Å². The minimum Gasteiger partial charge on any atom is -1.00 e. The highest BCUT2D eigenvalue weighted by Crippen LogP contribution is 2.22. The van der Waals surface area contributed by atoms with Gasteiger partial charge in [-0.25, -0.2) is 5.48 Å². The van der Waals surface area contributed by atoms with Crippen LogP contribution in [0.5, 0.6) is 0 Å². The van der Waals surface area contributed by atoms with Crippen molar-refractivity contribution in [3.8, 4) is 0 Å². The predicted octanol–water partition coefficient (Wildman–Crippen LogP) is -0.0398. The van der Waals surface area contributed by atoms with E-state index in [-0.39, 0.29) is 18.3 Å². The molecule has 0 aliphatic carbocycles. The minimum atomic E-state index is -0.326. The predicted molar refractivity (Wildman–Crippen MR) is 85.4 cm³/mol. The third kappa shape index (κ3) is 3.78. The van der Waals surface area contributed by atoms with Crippen LogP contribution in [0, 0.1) is 0 Å². The lowest BCUT2D eigenvalue weighted by Crippen LogP contribution is -3.00. The summed E-state index contributed by atoms with van der Waals surface area (Å²) in [6.07, 6.45) is 4.16. The summed E-state index contributed by atoms with van der Waals surface area (Å²) < 4.78 is 2.24. The molecule has 1 aromatic heterocycles. The summed E-state index contributed by atoms with van der Waals surface area (Å²) in [5, 5.41) is 12.2. The van der Waals surface area contributed by atoms with Crippen molar-refractivity contribution in [1.29, 1.82) is 0 Å². The number of nitrogens with one attached hydrogen (secondary N) is 1. The van der Waals surface area contributed by atoms with Crippen LogP contribution >= 0.6 is 0 Å². The zero-order valence-electron chi connectivity index (χ0n) is 12.7. The summed E-state index contributed by atoms with van der Waals surface area (Å²) in [5.41, 5.74) is 2.87. The zero-order valence-corrected chi connectivity index (χ0v) is 13.5. The summed E-state index contributed by atoms with van der Waals surface area (Å²) in [4.78, 5) is 11.0. The lowest BCUT2D eigenvalue weighted by Gasteiger charge is -2.05. The number of unbranched alkanes of at least 4 members (excludes halogenated alkanes) is 1. The molecule has 0 radical (unpaired) electrons. The van der Waals surface area contributed by atoms with Crippen molar-refractivity contribution in [3.05, 3.63) is 54.7 Å². The number of hydroxylamine groups is 1. The smallest absolute Gasteiger partial charge is 0.243 e. The molecule has 1 heterocycles. The van der Waals surface area contributed by atoms with Crippen molar-refractivity contribution < 1.29 is 27.0 Å². The quantitative estimate of drug-likeness (QED) is 0.227. The molecular formula is C18H19ClN2O2. The van der Waals surface area contributed by atoms with Crippen LogP contribution in [0.25, 0.3) is 21.7 Å². The third-order valence-corrected chi connectivity index (χ3v) is 3.94. The van der Waals surface area contributed by atoms with Crippen molar-refractivity contribution in [3.63, 3.8) is 0 Å². The summed E-state index contributed by atoms with van der Waals surface area (Å²) in [5.74, 6) is -0.326. The topological polar surface area (TPSA) is 53.2 Å². The number of carbonyl (C=O) groups excluding carboxylic acids is 1. The number of aromatic nitrogens is 1. The molecule has 23 heavy (non-hydrogen) atoms. The second-order valence-electron chi connectivity index (χ2n) is 5.42. The Hall–Kier alpha value is -2.17. The summed E-state index contributed by atoms with van der Waals surface area (Å²) in [6, 6.07) is 16.8. The Balaban J connectivity index is 0.00000192. The van der Waals surface area contributed by atoms with Crippen LogP contribution in [-0.2, 0) is 11.3 Å². The van der Waals surface area contributed by atoms with Gasteiger partial charge in [0.1, 0.15) is 6.54 Å². The second-order valence-corrected chi connectivity index (χ2v) is 5.42. The molecule has 0 saturated carbocycles. The molecule has 0 saturated heterocycles. The van der Waals surface area contributed by atoms with E-state index in [0.29, 0.717) is 6.42 Å². The van der Waals surface area contributed by atoms with Gasteiger partial charge in [0.2, 0.25) is 11.4 Å². The molecule has 5 heteroatoms. The molecule has 120 valence electrons. The van der Waals surface area contributed by atoms with Crippen LogP contribution in [0.4, 0.5) is 0 Å². The van der Waals surface area contributed by atoms with Crippen LogP contribution < -0.4 is 22.5 Å². The van der Waals surface area contributed by atoms with Gasteiger partial charge in [-0.3, -0.25) is 10.0 Å². The minimum absolute atomic E-state index is 0. The molecule has 0 aliphatic heterocycles. The molecule has 0 unspecified atom stereocenters. The number of hydrogen-bond acceptors (Lipinski definition) is 2. The number of hydrogen-bond donors (Lipinski definition) is 2. The van der Waals surface area contributed by atoms with Gasteiger partial charge < -0.3 is 12.4 Å². The first-order chi connectivity index (χ1) is 10.8. The van der Waals surface area contributed by atoms with E-state index in [1.807, 2.05) is 12.1 Å². The van der Waals surface area contributed by atoms with Crippen molar-refractivity contribution in [2.45, 2.75) is 25.8 Å². The average molecular weight is 331 g/mol. The molecule has 2 N–H and O–H groups in total. The van der Waals surface area contributed by atoms with Gasteiger partial charge in [-0.2, -0.15) is 4.57 Å². The fourth-order valence-electron chi connectivity index (χ4n) is 2.85. The van der Waals surface area contributed by atoms with E-state index in [1.165, 1.54) is 21.7 Å². The summed E-state index contributed by atoms with van der Waals surface area (Å²) in [6.45, 7) is 0.851. The standard InChI is InChI=1S/C18H18N2O2.ClH/c21-18(19-22)11-5-6-12-20-13-14-7-1-2-8-15(14)16-9-3-4-10-17(16)20;/h1-4,7-10,13H,5-6,11-12H2,(H-,19,21,22);1H. The maximum Gasteiger partial charge on any atom is 0.243 e. The van der Waals surface area contributed by atoms with Gasteiger partial charge in [-0.15, -0.1) is 0 Å². The molecule has 0 atom stereocenters. The lowest BCUT2D eigenvalue weighted by atomic mass is 10.1. The lowest BCUT2D eigenvalue weighted by molar-refractivity contribution is -0.670. The van der Waals surface area contributed by atoms with E-state index in [0.717, 1.165) is 19.4 Å². The normalized spacial score (nSPS) is 10.5. The monoisotopic (exact) mass is 330 g/mol. The Labute approximate surface area is 141 Å². The zero-order chi connectivity index (χ0) is 15.4.